The molecule has 3 heteroatoms. The third-order valence-corrected chi connectivity index (χ3v) is 3.95. The van der Waals surface area contributed by atoms with Crippen molar-refractivity contribution in [1.82, 2.24) is 0 Å². The third kappa shape index (κ3) is 3.95. The van der Waals surface area contributed by atoms with E-state index in [1.54, 1.807) is 7.11 Å². The summed E-state index contributed by atoms with van der Waals surface area (Å²) in [7, 11) is 1.69. The first-order valence-electron chi connectivity index (χ1n) is 7.22. The summed E-state index contributed by atoms with van der Waals surface area (Å²) in [6.07, 6.45) is 6.15. The van der Waals surface area contributed by atoms with Gasteiger partial charge in [-0.1, -0.05) is 6.07 Å². The van der Waals surface area contributed by atoms with Gasteiger partial charge in [0.25, 0.3) is 0 Å². The Morgan fingerprint density at radius 1 is 1.42 bits per heavy atom. The summed E-state index contributed by atoms with van der Waals surface area (Å²) in [6, 6.07) is 6.21. The zero-order valence-corrected chi connectivity index (χ0v) is 12.0. The Labute approximate surface area is 116 Å². The molecular formula is C16H25NO2. The van der Waals surface area contributed by atoms with Gasteiger partial charge in [0.1, 0.15) is 5.75 Å². The number of benzene rings is 1. The molecule has 0 bridgehead atoms. The van der Waals surface area contributed by atoms with Gasteiger partial charge in [-0.3, -0.25) is 0 Å². The molecule has 1 saturated heterocycles. The van der Waals surface area contributed by atoms with E-state index in [-0.39, 0.29) is 6.04 Å². The number of methoxy groups -OCH3 is 1. The fraction of sp³-hybridized carbons (Fsp3) is 0.625. The average molecular weight is 263 g/mol. The van der Waals surface area contributed by atoms with Crippen LogP contribution in [0.3, 0.4) is 0 Å². The van der Waals surface area contributed by atoms with Crippen molar-refractivity contribution in [2.75, 3.05) is 13.7 Å². The third-order valence-electron chi connectivity index (χ3n) is 3.95. The van der Waals surface area contributed by atoms with Crippen LogP contribution in [0.25, 0.3) is 0 Å². The molecule has 106 valence electrons. The highest BCUT2D eigenvalue weighted by Crippen LogP contribution is 2.26. The Morgan fingerprint density at radius 2 is 2.26 bits per heavy atom. The minimum Gasteiger partial charge on any atom is -0.497 e. The van der Waals surface area contributed by atoms with Crippen molar-refractivity contribution in [2.45, 2.75) is 51.2 Å². The number of hydrogen-bond donors (Lipinski definition) is 1. The molecule has 19 heavy (non-hydrogen) atoms. The maximum atomic E-state index is 6.31. The quantitative estimate of drug-likeness (QED) is 0.886. The first kappa shape index (κ1) is 14.4. The van der Waals surface area contributed by atoms with E-state index in [1.807, 2.05) is 12.1 Å². The van der Waals surface area contributed by atoms with Crippen molar-refractivity contribution in [3.8, 4) is 5.75 Å². The predicted molar refractivity (Wildman–Crippen MR) is 77.5 cm³/mol. The second kappa shape index (κ2) is 6.92. The van der Waals surface area contributed by atoms with Gasteiger partial charge in [-0.15, -0.1) is 0 Å². The minimum absolute atomic E-state index is 0.0939. The molecule has 0 saturated carbocycles. The fourth-order valence-corrected chi connectivity index (χ4v) is 2.75. The molecular weight excluding hydrogens is 238 g/mol. The summed E-state index contributed by atoms with van der Waals surface area (Å²) in [5.74, 6) is 0.893. The molecule has 1 aliphatic heterocycles. The lowest BCUT2D eigenvalue weighted by atomic mass is 9.95. The van der Waals surface area contributed by atoms with Crippen LogP contribution in [-0.2, 0) is 4.74 Å². The molecule has 0 radical (unpaired) electrons. The number of aryl methyl sites for hydroxylation is 1. The van der Waals surface area contributed by atoms with Crippen LogP contribution in [-0.4, -0.2) is 19.8 Å². The normalized spacial score (nSPS) is 21.1. The molecule has 1 heterocycles. The molecule has 1 aromatic carbocycles. The van der Waals surface area contributed by atoms with Crippen LogP contribution in [0.5, 0.6) is 5.75 Å². The van der Waals surface area contributed by atoms with Crippen molar-refractivity contribution < 1.29 is 9.47 Å². The highest BCUT2D eigenvalue weighted by Gasteiger charge is 2.16. The predicted octanol–water partition coefficient (Wildman–Crippen LogP) is 3.35. The molecule has 2 rings (SSSR count). The van der Waals surface area contributed by atoms with Crippen LogP contribution in [0.4, 0.5) is 0 Å². The average Bonchev–Trinajstić information content (AvgIpc) is 2.45. The van der Waals surface area contributed by atoms with Crippen LogP contribution in [0.2, 0.25) is 0 Å². The van der Waals surface area contributed by atoms with Gasteiger partial charge < -0.3 is 15.2 Å². The van der Waals surface area contributed by atoms with Crippen LogP contribution in [0.1, 0.15) is 49.3 Å². The summed E-state index contributed by atoms with van der Waals surface area (Å²) >= 11 is 0. The van der Waals surface area contributed by atoms with Gasteiger partial charge >= 0.3 is 0 Å². The summed E-state index contributed by atoms with van der Waals surface area (Å²) in [6.45, 7) is 3.01. The highest BCUT2D eigenvalue weighted by atomic mass is 16.5. The van der Waals surface area contributed by atoms with E-state index < -0.39 is 0 Å². The van der Waals surface area contributed by atoms with Crippen LogP contribution in [0.15, 0.2) is 18.2 Å². The fourth-order valence-electron chi connectivity index (χ4n) is 2.75. The maximum Gasteiger partial charge on any atom is 0.119 e. The molecule has 2 unspecified atom stereocenters. The van der Waals surface area contributed by atoms with Crippen molar-refractivity contribution in [1.29, 1.82) is 0 Å². The van der Waals surface area contributed by atoms with Crippen LogP contribution >= 0.6 is 0 Å². The largest absolute Gasteiger partial charge is 0.497 e. The van der Waals surface area contributed by atoms with E-state index in [0.717, 1.165) is 25.2 Å². The van der Waals surface area contributed by atoms with Gasteiger partial charge in [-0.2, -0.15) is 0 Å². The van der Waals surface area contributed by atoms with Crippen molar-refractivity contribution >= 4 is 0 Å². The molecule has 2 atom stereocenters. The number of rotatable bonds is 5. The Balaban J connectivity index is 1.89. The highest BCUT2D eigenvalue weighted by molar-refractivity contribution is 5.36. The SMILES string of the molecule is COc1ccc(C(N)CCC2CCCCO2)c(C)c1. The summed E-state index contributed by atoms with van der Waals surface area (Å²) < 4.78 is 11.0. The molecule has 0 aliphatic carbocycles. The molecule has 1 aromatic rings. The van der Waals surface area contributed by atoms with Gasteiger partial charge in [0.15, 0.2) is 0 Å². The van der Waals surface area contributed by atoms with Crippen molar-refractivity contribution in [2.24, 2.45) is 5.73 Å². The van der Waals surface area contributed by atoms with E-state index in [0.29, 0.717) is 6.10 Å². The maximum absolute atomic E-state index is 6.31. The summed E-state index contributed by atoms with van der Waals surface area (Å²) in [4.78, 5) is 0. The van der Waals surface area contributed by atoms with Gasteiger partial charge in [-0.05, 0) is 62.3 Å². The van der Waals surface area contributed by atoms with Gasteiger partial charge in [0.05, 0.1) is 13.2 Å². The van der Waals surface area contributed by atoms with E-state index in [1.165, 1.54) is 30.4 Å². The molecule has 2 N–H and O–H groups in total. The lowest BCUT2D eigenvalue weighted by Crippen LogP contribution is -2.21. The molecule has 1 aliphatic rings. The van der Waals surface area contributed by atoms with Crippen LogP contribution in [0, 0.1) is 6.92 Å². The lowest BCUT2D eigenvalue weighted by Gasteiger charge is -2.24. The molecule has 0 amide bonds. The first-order chi connectivity index (χ1) is 9.20. The van der Waals surface area contributed by atoms with E-state index in [2.05, 4.69) is 13.0 Å². The van der Waals surface area contributed by atoms with Crippen molar-refractivity contribution in [3.05, 3.63) is 29.3 Å². The van der Waals surface area contributed by atoms with Gasteiger partial charge in [-0.25, -0.2) is 0 Å². The zero-order chi connectivity index (χ0) is 13.7. The molecule has 0 spiro atoms. The molecule has 1 fully saturated rings. The Kier molecular flexibility index (Phi) is 5.23. The second-order valence-electron chi connectivity index (χ2n) is 5.39. The van der Waals surface area contributed by atoms with Gasteiger partial charge in [0, 0.05) is 12.6 Å². The lowest BCUT2D eigenvalue weighted by molar-refractivity contribution is 0.00911. The van der Waals surface area contributed by atoms with E-state index >= 15 is 0 Å². The number of nitrogens with two attached hydrogens (primary N) is 1. The smallest absolute Gasteiger partial charge is 0.119 e. The Hall–Kier alpha value is -1.06. The standard InChI is InChI=1S/C16H25NO2/c1-12-11-14(18-2)6-8-15(12)16(17)9-7-13-5-3-4-10-19-13/h6,8,11,13,16H,3-5,7,9-10,17H2,1-2H3. The van der Waals surface area contributed by atoms with Crippen molar-refractivity contribution in [3.63, 3.8) is 0 Å². The number of hydrogen-bond acceptors (Lipinski definition) is 3. The minimum atomic E-state index is 0.0939. The summed E-state index contributed by atoms with van der Waals surface area (Å²) in [5, 5.41) is 0. The summed E-state index contributed by atoms with van der Waals surface area (Å²) in [5.41, 5.74) is 8.73. The zero-order valence-electron chi connectivity index (χ0n) is 12.0. The monoisotopic (exact) mass is 263 g/mol. The topological polar surface area (TPSA) is 44.5 Å². The molecule has 0 aromatic heterocycles. The Morgan fingerprint density at radius 3 is 2.89 bits per heavy atom. The van der Waals surface area contributed by atoms with E-state index in [9.17, 15) is 0 Å². The molecule has 3 nitrogen and oxygen atoms in total. The first-order valence-corrected chi connectivity index (χ1v) is 7.22. The van der Waals surface area contributed by atoms with Gasteiger partial charge in [0.2, 0.25) is 0 Å². The van der Waals surface area contributed by atoms with Crippen LogP contribution < -0.4 is 10.5 Å². The Bertz CT molecular complexity index is 400. The van der Waals surface area contributed by atoms with E-state index in [4.69, 9.17) is 15.2 Å². The second-order valence-corrected chi connectivity index (χ2v) is 5.39. The number of ether oxygens (including phenoxy) is 2.